The second-order valence-corrected chi connectivity index (χ2v) is 6.12. The summed E-state index contributed by atoms with van der Waals surface area (Å²) in [6, 6.07) is 4.51. The Balaban J connectivity index is 2.29. The van der Waals surface area contributed by atoms with E-state index in [1.165, 1.54) is 12.1 Å². The van der Waals surface area contributed by atoms with Crippen LogP contribution < -0.4 is 0 Å². The van der Waals surface area contributed by atoms with Crippen LogP contribution in [0.1, 0.15) is 38.7 Å². The van der Waals surface area contributed by atoms with Crippen molar-refractivity contribution in [1.29, 1.82) is 0 Å². The van der Waals surface area contributed by atoms with E-state index in [0.29, 0.717) is 17.0 Å². The topological polar surface area (TPSA) is 20.2 Å². The van der Waals surface area contributed by atoms with Gasteiger partial charge in [-0.15, -0.1) is 0 Å². The summed E-state index contributed by atoms with van der Waals surface area (Å²) >= 11 is 5.87. The normalized spacial score (nSPS) is 27.4. The lowest BCUT2D eigenvalue weighted by molar-refractivity contribution is -0.0425. The zero-order chi connectivity index (χ0) is 12.7. The molecule has 0 aromatic heterocycles. The number of hydrogen-bond donors (Lipinski definition) is 1. The maximum atomic E-state index is 13.7. The van der Waals surface area contributed by atoms with Crippen LogP contribution in [0.4, 0.5) is 4.39 Å². The number of benzene rings is 1. The second-order valence-electron chi connectivity index (χ2n) is 5.68. The zero-order valence-electron chi connectivity index (χ0n) is 10.3. The van der Waals surface area contributed by atoms with Gasteiger partial charge in [-0.1, -0.05) is 25.4 Å². The highest BCUT2D eigenvalue weighted by molar-refractivity contribution is 6.30. The minimum absolute atomic E-state index is 0.165. The van der Waals surface area contributed by atoms with E-state index in [1.54, 1.807) is 6.07 Å². The third-order valence-electron chi connectivity index (χ3n) is 4.14. The summed E-state index contributed by atoms with van der Waals surface area (Å²) in [4.78, 5) is 0. The van der Waals surface area contributed by atoms with E-state index >= 15 is 0 Å². The van der Waals surface area contributed by atoms with E-state index in [4.69, 9.17) is 11.6 Å². The summed E-state index contributed by atoms with van der Waals surface area (Å²) in [6.07, 6.45) is 3.04. The van der Waals surface area contributed by atoms with E-state index in [9.17, 15) is 9.50 Å². The van der Waals surface area contributed by atoms with Crippen LogP contribution in [-0.4, -0.2) is 10.7 Å². The highest BCUT2D eigenvalue weighted by Crippen LogP contribution is 2.47. The van der Waals surface area contributed by atoms with Gasteiger partial charge in [-0.2, -0.15) is 0 Å². The maximum absolute atomic E-state index is 13.7. The average molecular weight is 257 g/mol. The Bertz CT molecular complexity index is 430. The highest BCUT2D eigenvalue weighted by Gasteiger charge is 2.47. The Kier molecular flexibility index (Phi) is 3.21. The molecule has 0 amide bonds. The molecule has 1 N–H and O–H groups in total. The summed E-state index contributed by atoms with van der Waals surface area (Å²) in [5.74, 6) is -0.287. The molecule has 3 heteroatoms. The Hall–Kier alpha value is -0.600. The van der Waals surface area contributed by atoms with Crippen molar-refractivity contribution in [2.24, 2.45) is 5.41 Å². The Morgan fingerprint density at radius 2 is 2.06 bits per heavy atom. The van der Waals surface area contributed by atoms with Crippen LogP contribution in [0.15, 0.2) is 18.2 Å². The number of halogens is 2. The fourth-order valence-electron chi connectivity index (χ4n) is 2.72. The smallest absolute Gasteiger partial charge is 0.126 e. The minimum Gasteiger partial charge on any atom is -0.389 e. The Labute approximate surface area is 107 Å². The van der Waals surface area contributed by atoms with Crippen molar-refractivity contribution in [2.45, 2.75) is 45.1 Å². The minimum atomic E-state index is -0.821. The molecule has 1 unspecified atom stereocenters. The quantitative estimate of drug-likeness (QED) is 0.849. The highest BCUT2D eigenvalue weighted by atomic mass is 35.5. The predicted molar refractivity (Wildman–Crippen MR) is 67.7 cm³/mol. The van der Waals surface area contributed by atoms with E-state index in [0.717, 1.165) is 19.3 Å². The number of aliphatic hydroxyl groups is 1. The molecule has 0 heterocycles. The lowest BCUT2D eigenvalue weighted by Gasteiger charge is -2.37. The van der Waals surface area contributed by atoms with Crippen molar-refractivity contribution < 1.29 is 9.50 Å². The largest absolute Gasteiger partial charge is 0.389 e. The van der Waals surface area contributed by atoms with Gasteiger partial charge in [0.25, 0.3) is 0 Å². The van der Waals surface area contributed by atoms with Crippen molar-refractivity contribution in [3.63, 3.8) is 0 Å². The van der Waals surface area contributed by atoms with Crippen molar-refractivity contribution in [1.82, 2.24) is 0 Å². The van der Waals surface area contributed by atoms with Gasteiger partial charge in [0, 0.05) is 11.4 Å². The molecule has 1 saturated carbocycles. The third kappa shape index (κ3) is 2.34. The fourth-order valence-corrected chi connectivity index (χ4v) is 2.91. The first-order chi connectivity index (χ1) is 7.84. The zero-order valence-corrected chi connectivity index (χ0v) is 11.0. The molecular weight excluding hydrogens is 239 g/mol. The molecule has 1 aromatic carbocycles. The molecular formula is C14H18ClFO. The van der Waals surface area contributed by atoms with Crippen molar-refractivity contribution in [3.05, 3.63) is 34.6 Å². The van der Waals surface area contributed by atoms with Crippen LogP contribution in [-0.2, 0) is 6.42 Å². The van der Waals surface area contributed by atoms with Gasteiger partial charge in [0.1, 0.15) is 5.82 Å². The van der Waals surface area contributed by atoms with Crippen molar-refractivity contribution in [3.8, 4) is 0 Å². The van der Waals surface area contributed by atoms with Crippen molar-refractivity contribution in [2.75, 3.05) is 0 Å². The third-order valence-corrected chi connectivity index (χ3v) is 4.38. The van der Waals surface area contributed by atoms with E-state index in [2.05, 4.69) is 0 Å². The summed E-state index contributed by atoms with van der Waals surface area (Å²) in [5.41, 5.74) is -0.477. The number of rotatable bonds is 2. The molecule has 94 valence electrons. The molecule has 0 spiro atoms. The molecule has 0 saturated heterocycles. The first-order valence-electron chi connectivity index (χ1n) is 6.00. The lowest BCUT2D eigenvalue weighted by Crippen LogP contribution is -2.42. The molecule has 17 heavy (non-hydrogen) atoms. The van der Waals surface area contributed by atoms with Gasteiger partial charge in [0.15, 0.2) is 0 Å². The standard InChI is InChI=1S/C14H18ClFO/c1-13(2)6-3-7-14(13,17)9-10-8-11(15)4-5-12(10)16/h4-5,8,17H,3,6-7,9H2,1-2H3. The van der Waals surface area contributed by atoms with Gasteiger partial charge in [0.2, 0.25) is 0 Å². The summed E-state index contributed by atoms with van der Waals surface area (Å²) in [7, 11) is 0. The van der Waals surface area contributed by atoms with Crippen LogP contribution in [0.2, 0.25) is 5.02 Å². The maximum Gasteiger partial charge on any atom is 0.126 e. The van der Waals surface area contributed by atoms with Gasteiger partial charge in [-0.25, -0.2) is 4.39 Å². The van der Waals surface area contributed by atoms with E-state index < -0.39 is 5.60 Å². The van der Waals surface area contributed by atoms with Crippen LogP contribution in [0.5, 0.6) is 0 Å². The molecule has 0 aliphatic heterocycles. The van der Waals surface area contributed by atoms with E-state index in [1.807, 2.05) is 13.8 Å². The molecule has 2 rings (SSSR count). The van der Waals surface area contributed by atoms with Crippen LogP contribution in [0, 0.1) is 11.2 Å². The average Bonchev–Trinajstić information content (AvgIpc) is 2.47. The molecule has 1 nitrogen and oxygen atoms in total. The van der Waals surface area contributed by atoms with Crippen LogP contribution >= 0.6 is 11.6 Å². The summed E-state index contributed by atoms with van der Waals surface area (Å²) in [6.45, 7) is 4.09. The second kappa shape index (κ2) is 4.25. The molecule has 1 aromatic rings. The first-order valence-corrected chi connectivity index (χ1v) is 6.38. The first kappa shape index (κ1) is 12.8. The Morgan fingerprint density at radius 1 is 1.35 bits per heavy atom. The predicted octanol–water partition coefficient (Wildman–Crippen LogP) is 3.96. The van der Waals surface area contributed by atoms with Gasteiger partial charge in [-0.3, -0.25) is 0 Å². The molecule has 1 fully saturated rings. The molecule has 1 aliphatic carbocycles. The van der Waals surface area contributed by atoms with Gasteiger partial charge < -0.3 is 5.11 Å². The molecule has 0 bridgehead atoms. The fraction of sp³-hybridized carbons (Fsp3) is 0.571. The Morgan fingerprint density at radius 3 is 2.65 bits per heavy atom. The molecule has 0 radical (unpaired) electrons. The lowest BCUT2D eigenvalue weighted by atomic mass is 9.74. The molecule has 1 atom stereocenters. The molecule has 1 aliphatic rings. The van der Waals surface area contributed by atoms with Crippen molar-refractivity contribution >= 4 is 11.6 Å². The van der Waals surface area contributed by atoms with E-state index in [-0.39, 0.29) is 11.2 Å². The van der Waals surface area contributed by atoms with Gasteiger partial charge in [0.05, 0.1) is 5.60 Å². The van der Waals surface area contributed by atoms with Crippen LogP contribution in [0.25, 0.3) is 0 Å². The van der Waals surface area contributed by atoms with Gasteiger partial charge in [-0.05, 0) is 48.4 Å². The SMILES string of the molecule is CC1(C)CCCC1(O)Cc1cc(Cl)ccc1F. The monoisotopic (exact) mass is 256 g/mol. The number of hydrogen-bond acceptors (Lipinski definition) is 1. The van der Waals surface area contributed by atoms with Crippen LogP contribution in [0.3, 0.4) is 0 Å². The van der Waals surface area contributed by atoms with Gasteiger partial charge >= 0.3 is 0 Å². The summed E-state index contributed by atoms with van der Waals surface area (Å²) < 4.78 is 13.7. The summed E-state index contributed by atoms with van der Waals surface area (Å²) in [5, 5.41) is 11.2.